The molecule has 100 valence electrons. The Bertz CT molecular complexity index is 530. The van der Waals surface area contributed by atoms with Crippen molar-refractivity contribution in [3.8, 4) is 6.07 Å². The molecular formula is C15H18N2OS. The lowest BCUT2D eigenvalue weighted by Crippen LogP contribution is -2.40. The van der Waals surface area contributed by atoms with Gasteiger partial charge in [-0.25, -0.2) is 0 Å². The number of thiophene rings is 1. The molecule has 1 N–H and O–H groups in total. The van der Waals surface area contributed by atoms with Gasteiger partial charge in [-0.05, 0) is 55.4 Å². The van der Waals surface area contributed by atoms with Gasteiger partial charge in [-0.15, -0.1) is 11.3 Å². The predicted molar refractivity (Wildman–Crippen MR) is 74.9 cm³/mol. The molecule has 0 aliphatic heterocycles. The fourth-order valence-electron chi connectivity index (χ4n) is 3.86. The summed E-state index contributed by atoms with van der Waals surface area (Å²) in [5.41, 5.74) is 0.489. The number of nitrogens with one attached hydrogen (secondary N) is 1. The van der Waals surface area contributed by atoms with Gasteiger partial charge in [-0.3, -0.25) is 4.79 Å². The van der Waals surface area contributed by atoms with Gasteiger partial charge in [0.1, 0.15) is 10.9 Å². The predicted octanol–water partition coefficient (Wildman–Crippen LogP) is 3.17. The zero-order chi connectivity index (χ0) is 13.4. The summed E-state index contributed by atoms with van der Waals surface area (Å²) in [4.78, 5) is 12.8. The van der Waals surface area contributed by atoms with Gasteiger partial charge in [0.2, 0.25) is 0 Å². The molecule has 0 spiro atoms. The van der Waals surface area contributed by atoms with E-state index < -0.39 is 0 Å². The smallest absolute Gasteiger partial charge is 0.262 e. The van der Waals surface area contributed by atoms with Gasteiger partial charge in [-0.2, -0.15) is 5.26 Å². The van der Waals surface area contributed by atoms with Crippen LogP contribution in [0.25, 0.3) is 0 Å². The maximum absolute atomic E-state index is 12.2. The number of amides is 1. The summed E-state index contributed by atoms with van der Waals surface area (Å²) in [5.74, 6) is 2.25. The Labute approximate surface area is 117 Å². The molecule has 0 saturated heterocycles. The first-order valence-corrected chi connectivity index (χ1v) is 7.85. The standard InChI is InChI=1S/C15H18N2OS/c1-9(13-7-10-2-3-11(13)6-10)17-15(18)14-12(8-16)4-5-19-14/h4-5,9-11,13H,2-3,6-7H2,1H3,(H,17,18). The Hall–Kier alpha value is -1.34. The highest BCUT2D eigenvalue weighted by Crippen LogP contribution is 2.49. The number of carbonyl (C=O) groups is 1. The lowest BCUT2D eigenvalue weighted by Gasteiger charge is -2.28. The minimum atomic E-state index is -0.0816. The fraction of sp³-hybridized carbons (Fsp3) is 0.600. The fourth-order valence-corrected chi connectivity index (χ4v) is 4.61. The Kier molecular flexibility index (Phi) is 3.32. The summed E-state index contributed by atoms with van der Waals surface area (Å²) in [6.07, 6.45) is 5.33. The molecule has 2 fully saturated rings. The summed E-state index contributed by atoms with van der Waals surface area (Å²) < 4.78 is 0. The van der Waals surface area contributed by atoms with Gasteiger partial charge in [0.25, 0.3) is 5.91 Å². The zero-order valence-electron chi connectivity index (χ0n) is 11.1. The molecule has 1 heterocycles. The zero-order valence-corrected chi connectivity index (χ0v) is 11.9. The molecule has 0 aromatic carbocycles. The van der Waals surface area contributed by atoms with Crippen LogP contribution in [0.3, 0.4) is 0 Å². The molecule has 1 aromatic heterocycles. The second-order valence-electron chi connectivity index (χ2n) is 5.88. The van der Waals surface area contributed by atoms with Crippen molar-refractivity contribution in [1.82, 2.24) is 5.32 Å². The molecule has 4 unspecified atom stereocenters. The lowest BCUT2D eigenvalue weighted by atomic mass is 9.84. The van der Waals surface area contributed by atoms with Crippen LogP contribution in [0.2, 0.25) is 0 Å². The number of hydrogen-bond donors (Lipinski definition) is 1. The van der Waals surface area contributed by atoms with E-state index in [4.69, 9.17) is 5.26 Å². The maximum Gasteiger partial charge on any atom is 0.262 e. The van der Waals surface area contributed by atoms with Gasteiger partial charge < -0.3 is 5.32 Å². The van der Waals surface area contributed by atoms with E-state index in [-0.39, 0.29) is 11.9 Å². The average molecular weight is 274 g/mol. The van der Waals surface area contributed by atoms with E-state index in [0.29, 0.717) is 16.4 Å². The summed E-state index contributed by atoms with van der Waals surface area (Å²) in [5, 5.41) is 13.9. The largest absolute Gasteiger partial charge is 0.349 e. The van der Waals surface area contributed by atoms with E-state index in [1.165, 1.54) is 37.0 Å². The third kappa shape index (κ3) is 2.28. The molecule has 4 heteroatoms. The van der Waals surface area contributed by atoms with Gasteiger partial charge in [0.05, 0.1) is 5.56 Å². The molecule has 3 rings (SSSR count). The third-order valence-electron chi connectivity index (χ3n) is 4.79. The molecule has 1 aromatic rings. The number of hydrogen-bond acceptors (Lipinski definition) is 3. The van der Waals surface area contributed by atoms with Crippen molar-refractivity contribution in [2.45, 2.75) is 38.6 Å². The van der Waals surface area contributed by atoms with Crippen LogP contribution in [0.15, 0.2) is 11.4 Å². The Morgan fingerprint density at radius 3 is 3.00 bits per heavy atom. The van der Waals surface area contributed by atoms with Crippen LogP contribution in [0, 0.1) is 29.1 Å². The van der Waals surface area contributed by atoms with Gasteiger partial charge in [-0.1, -0.05) is 6.42 Å². The van der Waals surface area contributed by atoms with Crippen molar-refractivity contribution in [2.24, 2.45) is 17.8 Å². The monoisotopic (exact) mass is 274 g/mol. The van der Waals surface area contributed by atoms with Crippen molar-refractivity contribution in [2.75, 3.05) is 0 Å². The minimum Gasteiger partial charge on any atom is -0.349 e. The van der Waals surface area contributed by atoms with Crippen molar-refractivity contribution in [1.29, 1.82) is 5.26 Å². The van der Waals surface area contributed by atoms with Gasteiger partial charge >= 0.3 is 0 Å². The summed E-state index contributed by atoms with van der Waals surface area (Å²) in [6, 6.07) is 4.00. The normalized spacial score (nSPS) is 30.0. The first-order chi connectivity index (χ1) is 9.19. The Morgan fingerprint density at radius 1 is 1.53 bits per heavy atom. The van der Waals surface area contributed by atoms with E-state index in [1.807, 2.05) is 0 Å². The average Bonchev–Trinajstić information content (AvgIpc) is 3.13. The Morgan fingerprint density at radius 2 is 2.37 bits per heavy atom. The molecule has 4 atom stereocenters. The summed E-state index contributed by atoms with van der Waals surface area (Å²) in [6.45, 7) is 2.11. The number of nitriles is 1. The topological polar surface area (TPSA) is 52.9 Å². The van der Waals surface area contributed by atoms with Crippen molar-refractivity contribution in [3.05, 3.63) is 21.9 Å². The first-order valence-electron chi connectivity index (χ1n) is 6.97. The highest BCUT2D eigenvalue weighted by molar-refractivity contribution is 7.12. The Balaban J connectivity index is 1.65. The maximum atomic E-state index is 12.2. The van der Waals surface area contributed by atoms with Gasteiger partial charge in [0.15, 0.2) is 0 Å². The third-order valence-corrected chi connectivity index (χ3v) is 5.70. The van der Waals surface area contributed by atoms with Crippen LogP contribution in [-0.2, 0) is 0 Å². The number of carbonyl (C=O) groups excluding carboxylic acids is 1. The number of fused-ring (bicyclic) bond motifs is 2. The van der Waals surface area contributed by atoms with Crippen LogP contribution in [0.5, 0.6) is 0 Å². The molecule has 2 aliphatic carbocycles. The first kappa shape index (κ1) is 12.7. The SMILES string of the molecule is CC(NC(=O)c1sccc1C#N)C1CC2CCC1C2. The van der Waals surface area contributed by atoms with Crippen LogP contribution >= 0.6 is 11.3 Å². The van der Waals surface area contributed by atoms with Crippen molar-refractivity contribution >= 4 is 17.2 Å². The van der Waals surface area contributed by atoms with Gasteiger partial charge in [0, 0.05) is 6.04 Å². The van der Waals surface area contributed by atoms with E-state index in [2.05, 4.69) is 18.3 Å². The number of nitrogens with zero attached hydrogens (tertiary/aromatic N) is 1. The van der Waals surface area contributed by atoms with E-state index in [0.717, 1.165) is 11.8 Å². The van der Waals surface area contributed by atoms with E-state index in [1.54, 1.807) is 11.4 Å². The second-order valence-corrected chi connectivity index (χ2v) is 6.79. The van der Waals surface area contributed by atoms with E-state index >= 15 is 0 Å². The molecule has 19 heavy (non-hydrogen) atoms. The minimum absolute atomic E-state index is 0.0816. The van der Waals surface area contributed by atoms with Crippen LogP contribution in [0.1, 0.15) is 47.8 Å². The molecule has 2 aliphatic rings. The summed E-state index contributed by atoms with van der Waals surface area (Å²) >= 11 is 1.35. The molecular weight excluding hydrogens is 256 g/mol. The van der Waals surface area contributed by atoms with Crippen LogP contribution < -0.4 is 5.32 Å². The molecule has 1 amide bonds. The molecule has 2 bridgehead atoms. The molecule has 0 radical (unpaired) electrons. The quantitative estimate of drug-likeness (QED) is 0.920. The molecule has 3 nitrogen and oxygen atoms in total. The molecule has 2 saturated carbocycles. The lowest BCUT2D eigenvalue weighted by molar-refractivity contribution is 0.0919. The highest BCUT2D eigenvalue weighted by atomic mass is 32.1. The van der Waals surface area contributed by atoms with Crippen LogP contribution in [-0.4, -0.2) is 11.9 Å². The highest BCUT2D eigenvalue weighted by Gasteiger charge is 2.42. The van der Waals surface area contributed by atoms with Crippen LogP contribution in [0.4, 0.5) is 0 Å². The second kappa shape index (κ2) is 4.97. The van der Waals surface area contributed by atoms with Crippen molar-refractivity contribution < 1.29 is 4.79 Å². The number of rotatable bonds is 3. The summed E-state index contributed by atoms with van der Waals surface area (Å²) in [7, 11) is 0. The van der Waals surface area contributed by atoms with E-state index in [9.17, 15) is 4.79 Å². The van der Waals surface area contributed by atoms with Crippen molar-refractivity contribution in [3.63, 3.8) is 0 Å².